The van der Waals surface area contributed by atoms with Gasteiger partial charge in [0.2, 0.25) is 5.88 Å². The molecule has 2 aromatic heterocycles. The number of aliphatic imine (C=N–C) groups is 1. The molecule has 0 saturated carbocycles. The number of alkyl carbamates (subject to hydrolysis) is 1. The van der Waals surface area contributed by atoms with Gasteiger partial charge in [-0.25, -0.2) is 23.4 Å². The number of hydrogen-bond acceptors (Lipinski definition) is 10. The highest BCUT2D eigenvalue weighted by molar-refractivity contribution is 7.94. The van der Waals surface area contributed by atoms with Crippen LogP contribution in [0.5, 0.6) is 5.88 Å². The molecule has 208 valence electrons. The van der Waals surface area contributed by atoms with E-state index in [9.17, 15) is 9.00 Å². The Morgan fingerprint density at radius 1 is 1.15 bits per heavy atom. The maximum Gasteiger partial charge on any atom is 0.413 e. The van der Waals surface area contributed by atoms with Gasteiger partial charge >= 0.3 is 6.09 Å². The molecule has 3 heterocycles. The summed E-state index contributed by atoms with van der Waals surface area (Å²) in [5.41, 5.74) is -0.808. The molecular formula is C26H31FN6O5S. The Hall–Kier alpha value is -3.87. The topological polar surface area (TPSA) is 153 Å². The Morgan fingerprint density at radius 3 is 2.49 bits per heavy atom. The number of rotatable bonds is 4. The lowest BCUT2D eigenvalue weighted by Crippen LogP contribution is -2.57. The van der Waals surface area contributed by atoms with Crippen molar-refractivity contribution in [1.82, 2.24) is 20.4 Å². The van der Waals surface area contributed by atoms with Gasteiger partial charge in [-0.3, -0.25) is 15.1 Å². The van der Waals surface area contributed by atoms with Gasteiger partial charge in [-0.05, 0) is 59.7 Å². The average molecular weight is 559 g/mol. The minimum atomic E-state index is -3.42. The highest BCUT2D eigenvalue weighted by Crippen LogP contribution is 2.40. The molecule has 11 nitrogen and oxygen atoms in total. The van der Waals surface area contributed by atoms with E-state index in [1.807, 2.05) is 0 Å². The first-order valence-corrected chi connectivity index (χ1v) is 13.8. The monoisotopic (exact) mass is 558 g/mol. The SMILES string of the molecule is COc1cnc(-c2cc(-c3ccc(F)c([C@]4(C)C[S@@](=N)(=O)C(C)(C)C(NC(=O)OC(C)(C)C)=N4)c3)on2)cn1. The molecule has 3 aromatic rings. The summed E-state index contributed by atoms with van der Waals surface area (Å²) in [5, 5.41) is 6.60. The number of carbonyl (C=O) groups excluding carboxylic acids is 1. The third-order valence-electron chi connectivity index (χ3n) is 6.30. The molecule has 0 bridgehead atoms. The summed E-state index contributed by atoms with van der Waals surface area (Å²) < 4.78 is 52.1. The number of halogens is 1. The lowest BCUT2D eigenvalue weighted by atomic mass is 9.91. The van der Waals surface area contributed by atoms with E-state index in [-0.39, 0.29) is 17.2 Å². The second kappa shape index (κ2) is 9.70. The van der Waals surface area contributed by atoms with Gasteiger partial charge in [0.25, 0.3) is 0 Å². The van der Waals surface area contributed by atoms with Crippen LogP contribution in [-0.4, -0.2) is 54.5 Å². The smallest absolute Gasteiger partial charge is 0.413 e. The fourth-order valence-corrected chi connectivity index (χ4v) is 5.82. The van der Waals surface area contributed by atoms with Crippen LogP contribution in [0.4, 0.5) is 9.18 Å². The van der Waals surface area contributed by atoms with E-state index in [0.29, 0.717) is 28.6 Å². The molecule has 1 aromatic carbocycles. The second-order valence-corrected chi connectivity index (χ2v) is 13.6. The van der Waals surface area contributed by atoms with E-state index in [1.54, 1.807) is 47.6 Å². The van der Waals surface area contributed by atoms with Crippen LogP contribution < -0.4 is 10.1 Å². The summed E-state index contributed by atoms with van der Waals surface area (Å²) in [5.74, 6) is -0.226. The van der Waals surface area contributed by atoms with Crippen molar-refractivity contribution in [2.75, 3.05) is 12.9 Å². The van der Waals surface area contributed by atoms with Crippen LogP contribution in [0.15, 0.2) is 46.2 Å². The molecule has 0 fully saturated rings. The van der Waals surface area contributed by atoms with Crippen molar-refractivity contribution in [2.45, 2.75) is 57.4 Å². The first kappa shape index (κ1) is 28.1. The number of aromatic nitrogens is 3. The molecule has 0 aliphatic carbocycles. The fraction of sp³-hybridized carbons (Fsp3) is 0.423. The van der Waals surface area contributed by atoms with E-state index < -0.39 is 37.5 Å². The van der Waals surface area contributed by atoms with Crippen molar-refractivity contribution < 1.29 is 27.4 Å². The highest BCUT2D eigenvalue weighted by Gasteiger charge is 2.49. The van der Waals surface area contributed by atoms with E-state index >= 15 is 4.39 Å². The minimum absolute atomic E-state index is 0.0182. The number of methoxy groups -OCH3 is 1. The van der Waals surface area contributed by atoms with E-state index in [4.69, 9.17) is 18.8 Å². The predicted octanol–water partition coefficient (Wildman–Crippen LogP) is 4.92. The molecule has 0 radical (unpaired) electrons. The van der Waals surface area contributed by atoms with Crippen LogP contribution in [0, 0.1) is 10.6 Å². The van der Waals surface area contributed by atoms with Crippen LogP contribution >= 0.6 is 0 Å². The van der Waals surface area contributed by atoms with Crippen molar-refractivity contribution in [3.63, 3.8) is 0 Å². The van der Waals surface area contributed by atoms with Crippen molar-refractivity contribution in [3.05, 3.63) is 48.0 Å². The van der Waals surface area contributed by atoms with Gasteiger partial charge in [0, 0.05) is 17.2 Å². The van der Waals surface area contributed by atoms with Crippen LogP contribution in [0.3, 0.4) is 0 Å². The number of nitrogens with zero attached hydrogens (tertiary/aromatic N) is 4. The molecule has 0 saturated heterocycles. The standard InChI is InChI=1S/C26H31FN6O5S/c1-24(2,3)37-23(34)31-22-25(4,5)39(28,35)14-26(6,32-22)16-10-15(8-9-17(16)27)20-11-18(33-38-20)19-12-30-21(36-7)13-29-19/h8-13,28H,14H2,1-7H3,(H,31,32,34)/t26-,39+/m0/s1. The van der Waals surface area contributed by atoms with Crippen LogP contribution in [-0.2, 0) is 20.0 Å². The number of ether oxygens (including phenoxy) is 2. The molecular weight excluding hydrogens is 527 g/mol. The Morgan fingerprint density at radius 2 is 1.87 bits per heavy atom. The zero-order chi connectivity index (χ0) is 28.8. The summed E-state index contributed by atoms with van der Waals surface area (Å²) in [6, 6.07) is 5.90. The van der Waals surface area contributed by atoms with Crippen molar-refractivity contribution in [2.24, 2.45) is 4.99 Å². The number of amidine groups is 1. The molecule has 1 aliphatic heterocycles. The van der Waals surface area contributed by atoms with Gasteiger partial charge in [-0.15, -0.1) is 0 Å². The largest absolute Gasteiger partial charge is 0.480 e. The molecule has 1 amide bonds. The van der Waals surface area contributed by atoms with Gasteiger partial charge in [0.1, 0.15) is 38.9 Å². The van der Waals surface area contributed by atoms with E-state index in [2.05, 4.69) is 25.4 Å². The maximum atomic E-state index is 15.3. The molecule has 39 heavy (non-hydrogen) atoms. The summed E-state index contributed by atoms with van der Waals surface area (Å²) in [7, 11) is -1.93. The fourth-order valence-electron chi connectivity index (χ4n) is 4.04. The van der Waals surface area contributed by atoms with Crippen LogP contribution in [0.25, 0.3) is 22.7 Å². The minimum Gasteiger partial charge on any atom is -0.480 e. The first-order valence-electron chi connectivity index (χ1n) is 12.0. The predicted molar refractivity (Wildman–Crippen MR) is 143 cm³/mol. The molecule has 0 unspecified atom stereocenters. The molecule has 4 rings (SSSR count). The maximum absolute atomic E-state index is 15.3. The zero-order valence-electron chi connectivity index (χ0n) is 22.8. The summed E-state index contributed by atoms with van der Waals surface area (Å²) in [6.45, 7) is 9.81. The summed E-state index contributed by atoms with van der Waals surface area (Å²) in [4.78, 5) is 25.6. The number of nitrogens with one attached hydrogen (secondary N) is 2. The Kier molecular flexibility index (Phi) is 7.00. The number of amides is 1. The first-order chi connectivity index (χ1) is 18.0. The van der Waals surface area contributed by atoms with E-state index in [0.717, 1.165) is 0 Å². The molecule has 13 heteroatoms. The van der Waals surface area contributed by atoms with Gasteiger partial charge in [-0.2, -0.15) is 0 Å². The van der Waals surface area contributed by atoms with Crippen molar-refractivity contribution in [1.29, 1.82) is 4.78 Å². The van der Waals surface area contributed by atoms with Crippen LogP contribution in [0.2, 0.25) is 0 Å². The summed E-state index contributed by atoms with van der Waals surface area (Å²) in [6.07, 6.45) is 2.13. The lowest BCUT2D eigenvalue weighted by Gasteiger charge is -2.41. The highest BCUT2D eigenvalue weighted by atomic mass is 32.2. The molecule has 0 spiro atoms. The molecule has 2 N–H and O–H groups in total. The third kappa shape index (κ3) is 5.63. The van der Waals surface area contributed by atoms with E-state index in [1.165, 1.54) is 37.7 Å². The van der Waals surface area contributed by atoms with Crippen molar-refractivity contribution >= 4 is 21.7 Å². The average Bonchev–Trinajstić information content (AvgIpc) is 3.32. The number of hydrogen-bond donors (Lipinski definition) is 2. The summed E-state index contributed by atoms with van der Waals surface area (Å²) >= 11 is 0. The van der Waals surface area contributed by atoms with Gasteiger partial charge < -0.3 is 14.0 Å². The normalized spacial score (nSPS) is 22.6. The lowest BCUT2D eigenvalue weighted by molar-refractivity contribution is 0.0560. The third-order valence-corrected chi connectivity index (χ3v) is 9.11. The number of benzene rings is 1. The zero-order valence-corrected chi connectivity index (χ0v) is 23.6. The Balaban J connectivity index is 1.74. The molecule has 2 atom stereocenters. The van der Waals surface area contributed by atoms with Gasteiger partial charge in [0.15, 0.2) is 5.76 Å². The quantitative estimate of drug-likeness (QED) is 0.457. The number of carbonyl (C=O) groups is 1. The second-order valence-electron chi connectivity index (χ2n) is 10.9. The molecule has 1 aliphatic rings. The van der Waals surface area contributed by atoms with Gasteiger partial charge in [0.05, 0.1) is 35.0 Å². The van der Waals surface area contributed by atoms with Crippen molar-refractivity contribution in [3.8, 4) is 28.6 Å². The Labute approximate surface area is 226 Å². The van der Waals surface area contributed by atoms with Crippen LogP contribution in [0.1, 0.15) is 47.1 Å². The van der Waals surface area contributed by atoms with Gasteiger partial charge in [-0.1, -0.05) is 5.16 Å². The Bertz CT molecular complexity index is 1540.